The van der Waals surface area contributed by atoms with Crippen molar-refractivity contribution in [3.05, 3.63) is 58.7 Å². The fourth-order valence-electron chi connectivity index (χ4n) is 2.38. The van der Waals surface area contributed by atoms with Crippen LogP contribution in [0.4, 0.5) is 37.7 Å². The number of benzene rings is 2. The minimum absolute atomic E-state index is 0.0583. The van der Waals surface area contributed by atoms with Gasteiger partial charge >= 0.3 is 12.4 Å². The number of rotatable bonds is 5. The highest BCUT2D eigenvalue weighted by Crippen LogP contribution is 2.36. The lowest BCUT2D eigenvalue weighted by Crippen LogP contribution is -2.18. The molecule has 2 rings (SSSR count). The van der Waals surface area contributed by atoms with Crippen molar-refractivity contribution in [2.75, 3.05) is 15.8 Å². The summed E-state index contributed by atoms with van der Waals surface area (Å²) in [5.74, 6) is -1.37. The van der Waals surface area contributed by atoms with Crippen molar-refractivity contribution >= 4 is 27.3 Å². The second-order valence-corrected chi connectivity index (χ2v) is 8.29. The number of hydrogen-bond donors (Lipinski definition) is 2. The average molecular weight is 454 g/mol. The van der Waals surface area contributed by atoms with Crippen molar-refractivity contribution in [1.82, 2.24) is 0 Å². The summed E-state index contributed by atoms with van der Waals surface area (Å²) < 4.78 is 103. The number of anilines is 2. The van der Waals surface area contributed by atoms with Crippen molar-refractivity contribution < 1.29 is 39.6 Å². The van der Waals surface area contributed by atoms with Gasteiger partial charge in [0.25, 0.3) is 5.91 Å². The van der Waals surface area contributed by atoms with E-state index in [1.165, 1.54) is 32.0 Å². The van der Waals surface area contributed by atoms with E-state index in [9.17, 15) is 39.6 Å². The molecular weight excluding hydrogens is 438 g/mol. The quantitative estimate of drug-likeness (QED) is 0.622. The number of nitrogens with one attached hydrogen (secondary N) is 2. The maximum atomic E-state index is 12.9. The fourth-order valence-corrected chi connectivity index (χ4v) is 3.09. The molecule has 0 aliphatic rings. The Labute approximate surface area is 168 Å². The molecule has 0 aliphatic carbocycles. The molecule has 2 aromatic rings. The first-order valence-electron chi connectivity index (χ1n) is 8.34. The molecule has 0 bridgehead atoms. The van der Waals surface area contributed by atoms with Crippen molar-refractivity contribution in [1.29, 1.82) is 0 Å². The summed E-state index contributed by atoms with van der Waals surface area (Å²) in [6, 6.07) is 4.46. The number of carbonyl (C=O) groups is 1. The van der Waals surface area contributed by atoms with E-state index < -0.39 is 45.0 Å². The Bertz CT molecular complexity index is 1030. The number of aryl methyl sites for hydroxylation is 1. The standard InChI is InChI=1S/C18H16F6N2O3S/c1-3-30(28,29)26-15-5-4-14(6-10(15)2)25-16(27)11-7-12(17(19,20)21)9-13(8-11)18(22,23)24/h4-9,26H,3H2,1-2H3,(H,25,27). The lowest BCUT2D eigenvalue weighted by molar-refractivity contribution is -0.143. The van der Waals surface area contributed by atoms with Crippen LogP contribution < -0.4 is 10.0 Å². The summed E-state index contributed by atoms with van der Waals surface area (Å²) in [6.45, 7) is 2.94. The average Bonchev–Trinajstić information content (AvgIpc) is 2.62. The van der Waals surface area contributed by atoms with E-state index in [0.29, 0.717) is 17.7 Å². The first-order valence-corrected chi connectivity index (χ1v) is 9.99. The van der Waals surface area contributed by atoms with Gasteiger partial charge in [0.1, 0.15) is 0 Å². The van der Waals surface area contributed by atoms with Crippen LogP contribution in [0, 0.1) is 6.92 Å². The second kappa shape index (κ2) is 8.17. The third-order valence-corrected chi connectivity index (χ3v) is 5.27. The maximum Gasteiger partial charge on any atom is 0.416 e. The summed E-state index contributed by atoms with van der Waals surface area (Å²) in [7, 11) is -3.56. The normalized spacial score (nSPS) is 12.5. The van der Waals surface area contributed by atoms with Crippen LogP contribution in [-0.2, 0) is 22.4 Å². The lowest BCUT2D eigenvalue weighted by Gasteiger charge is -2.15. The Morgan fingerprint density at radius 3 is 1.90 bits per heavy atom. The van der Waals surface area contributed by atoms with Gasteiger partial charge in [0, 0.05) is 11.3 Å². The molecule has 0 fully saturated rings. The third-order valence-electron chi connectivity index (χ3n) is 3.98. The zero-order chi connectivity index (χ0) is 22.9. The highest BCUT2D eigenvalue weighted by molar-refractivity contribution is 7.92. The highest BCUT2D eigenvalue weighted by atomic mass is 32.2. The van der Waals surface area contributed by atoms with Gasteiger partial charge < -0.3 is 5.32 Å². The predicted molar refractivity (Wildman–Crippen MR) is 98.7 cm³/mol. The Balaban J connectivity index is 2.35. The molecule has 5 nitrogen and oxygen atoms in total. The number of hydrogen-bond acceptors (Lipinski definition) is 3. The number of halogens is 6. The minimum Gasteiger partial charge on any atom is -0.322 e. The summed E-state index contributed by atoms with van der Waals surface area (Å²) in [6.07, 6.45) is -10.2. The van der Waals surface area contributed by atoms with Crippen molar-refractivity contribution in [2.24, 2.45) is 0 Å². The van der Waals surface area contributed by atoms with Crippen LogP contribution in [0.15, 0.2) is 36.4 Å². The molecule has 30 heavy (non-hydrogen) atoms. The number of carbonyl (C=O) groups excluding carboxylic acids is 1. The SMILES string of the molecule is CCS(=O)(=O)Nc1ccc(NC(=O)c2cc(C(F)(F)F)cc(C(F)(F)F)c2)cc1C. The topological polar surface area (TPSA) is 75.3 Å². The molecule has 0 saturated heterocycles. The van der Waals surface area contributed by atoms with Crippen LogP contribution in [0.3, 0.4) is 0 Å². The van der Waals surface area contributed by atoms with Crippen LogP contribution in [0.2, 0.25) is 0 Å². The molecule has 0 heterocycles. The van der Waals surface area contributed by atoms with E-state index in [-0.39, 0.29) is 23.2 Å². The van der Waals surface area contributed by atoms with Gasteiger partial charge in [-0.05, 0) is 55.8 Å². The molecule has 0 atom stereocenters. The third kappa shape index (κ3) is 5.88. The van der Waals surface area contributed by atoms with E-state index in [4.69, 9.17) is 0 Å². The molecule has 12 heteroatoms. The molecule has 164 valence electrons. The van der Waals surface area contributed by atoms with Gasteiger partial charge in [-0.25, -0.2) is 8.42 Å². The molecule has 1 amide bonds. The Kier molecular flexibility index (Phi) is 6.40. The van der Waals surface area contributed by atoms with Gasteiger partial charge in [-0.3, -0.25) is 9.52 Å². The first-order chi connectivity index (χ1) is 13.6. The first kappa shape index (κ1) is 23.5. The molecule has 0 aliphatic heterocycles. The molecule has 0 radical (unpaired) electrons. The van der Waals surface area contributed by atoms with Crippen molar-refractivity contribution in [2.45, 2.75) is 26.2 Å². The monoisotopic (exact) mass is 454 g/mol. The Morgan fingerprint density at radius 2 is 1.47 bits per heavy atom. The van der Waals surface area contributed by atoms with Gasteiger partial charge in [-0.1, -0.05) is 0 Å². The fraction of sp³-hybridized carbons (Fsp3) is 0.278. The van der Waals surface area contributed by atoms with Crippen molar-refractivity contribution in [3.63, 3.8) is 0 Å². The largest absolute Gasteiger partial charge is 0.416 e. The van der Waals surface area contributed by atoms with E-state index in [2.05, 4.69) is 10.0 Å². The lowest BCUT2D eigenvalue weighted by atomic mass is 10.0. The summed E-state index contributed by atoms with van der Waals surface area (Å²) in [4.78, 5) is 12.3. The van der Waals surface area contributed by atoms with E-state index in [1.54, 1.807) is 0 Å². The molecule has 2 aromatic carbocycles. The maximum absolute atomic E-state index is 12.9. The Morgan fingerprint density at radius 1 is 0.933 bits per heavy atom. The number of amides is 1. The Hall–Kier alpha value is -2.76. The molecule has 0 aromatic heterocycles. The predicted octanol–water partition coefficient (Wildman–Crippen LogP) is 5.05. The van der Waals surface area contributed by atoms with Gasteiger partial charge in [-0.15, -0.1) is 0 Å². The van der Waals surface area contributed by atoms with Crippen LogP contribution >= 0.6 is 0 Å². The van der Waals surface area contributed by atoms with Gasteiger partial charge in [0.2, 0.25) is 10.0 Å². The van der Waals surface area contributed by atoms with Crippen LogP contribution in [-0.4, -0.2) is 20.1 Å². The van der Waals surface area contributed by atoms with Crippen LogP contribution in [0.5, 0.6) is 0 Å². The summed E-state index contributed by atoms with van der Waals surface area (Å²) in [5, 5.41) is 2.21. The molecular formula is C18H16F6N2O3S. The minimum atomic E-state index is -5.08. The molecule has 2 N–H and O–H groups in total. The zero-order valence-electron chi connectivity index (χ0n) is 15.6. The van der Waals surface area contributed by atoms with E-state index >= 15 is 0 Å². The van der Waals surface area contributed by atoms with Crippen LogP contribution in [0.1, 0.15) is 34.0 Å². The van der Waals surface area contributed by atoms with Crippen LogP contribution in [0.25, 0.3) is 0 Å². The molecule has 0 spiro atoms. The molecule has 0 unspecified atom stereocenters. The van der Waals surface area contributed by atoms with Gasteiger partial charge in [-0.2, -0.15) is 26.3 Å². The summed E-state index contributed by atoms with van der Waals surface area (Å²) in [5.41, 5.74) is -3.39. The van der Waals surface area contributed by atoms with E-state index in [1.807, 2.05) is 0 Å². The van der Waals surface area contributed by atoms with Gasteiger partial charge in [0.05, 0.1) is 22.6 Å². The number of sulfonamides is 1. The summed E-state index contributed by atoms with van der Waals surface area (Å²) >= 11 is 0. The highest BCUT2D eigenvalue weighted by Gasteiger charge is 2.37. The zero-order valence-corrected chi connectivity index (χ0v) is 16.4. The van der Waals surface area contributed by atoms with E-state index in [0.717, 1.165) is 0 Å². The smallest absolute Gasteiger partial charge is 0.322 e. The second-order valence-electron chi connectivity index (χ2n) is 6.28. The number of alkyl halides is 6. The van der Waals surface area contributed by atoms with Crippen molar-refractivity contribution in [3.8, 4) is 0 Å². The molecule has 0 saturated carbocycles. The van der Waals surface area contributed by atoms with Gasteiger partial charge in [0.15, 0.2) is 0 Å².